The zero-order valence-corrected chi connectivity index (χ0v) is 18.3. The molecule has 3 rings (SSSR count). The van der Waals surface area contributed by atoms with Crippen molar-refractivity contribution in [2.24, 2.45) is 5.10 Å². The maximum atomic E-state index is 12.1. The number of thioether (sulfide) groups is 1. The maximum Gasteiger partial charge on any atom is 0.269 e. The summed E-state index contributed by atoms with van der Waals surface area (Å²) in [5.41, 5.74) is 5.69. The summed E-state index contributed by atoms with van der Waals surface area (Å²) >= 11 is 1.24. The number of carbonyl (C=O) groups excluding carboxylic acids is 1. The highest BCUT2D eigenvalue weighted by Gasteiger charge is 2.07. The number of hydrogen-bond acceptors (Lipinski definition) is 8. The number of nitrogens with one attached hydrogen (secondary N) is 1. The molecule has 0 spiro atoms. The van der Waals surface area contributed by atoms with E-state index in [0.717, 1.165) is 17.0 Å². The van der Waals surface area contributed by atoms with Crippen LogP contribution in [0.15, 0.2) is 64.9 Å². The molecule has 9 nitrogen and oxygen atoms in total. The third kappa shape index (κ3) is 6.88. The van der Waals surface area contributed by atoms with Gasteiger partial charge in [-0.1, -0.05) is 23.9 Å². The Morgan fingerprint density at radius 1 is 1.16 bits per heavy atom. The quantitative estimate of drug-likeness (QED) is 0.173. The number of aryl methyl sites for hydroxylation is 2. The Labute approximate surface area is 189 Å². The summed E-state index contributed by atoms with van der Waals surface area (Å²) in [7, 11) is 0. The van der Waals surface area contributed by atoms with Gasteiger partial charge in [0, 0.05) is 29.1 Å². The molecule has 0 fully saturated rings. The van der Waals surface area contributed by atoms with Gasteiger partial charge in [-0.2, -0.15) is 5.10 Å². The van der Waals surface area contributed by atoms with E-state index >= 15 is 0 Å². The van der Waals surface area contributed by atoms with Crippen molar-refractivity contribution in [2.75, 3.05) is 5.75 Å². The molecule has 0 atom stereocenters. The predicted octanol–water partition coefficient (Wildman–Crippen LogP) is 3.82. The number of aromatic nitrogens is 2. The number of hydrogen-bond donors (Lipinski definition) is 1. The molecular formula is C22H21N5O4S. The number of para-hydroxylation sites is 1. The molecule has 32 heavy (non-hydrogen) atoms. The van der Waals surface area contributed by atoms with E-state index in [9.17, 15) is 14.9 Å². The second-order valence-corrected chi connectivity index (χ2v) is 7.71. The van der Waals surface area contributed by atoms with Crippen LogP contribution < -0.4 is 10.2 Å². The maximum absolute atomic E-state index is 12.1. The van der Waals surface area contributed by atoms with Crippen molar-refractivity contribution in [1.82, 2.24) is 15.4 Å². The zero-order valence-electron chi connectivity index (χ0n) is 17.5. The largest absolute Gasteiger partial charge is 0.488 e. The van der Waals surface area contributed by atoms with E-state index in [1.807, 2.05) is 32.0 Å². The lowest BCUT2D eigenvalue weighted by Gasteiger charge is -2.09. The van der Waals surface area contributed by atoms with Crippen molar-refractivity contribution in [2.45, 2.75) is 25.6 Å². The number of nitro benzene ring substituents is 1. The number of rotatable bonds is 9. The highest BCUT2D eigenvalue weighted by atomic mass is 32.2. The second kappa shape index (κ2) is 11.0. The smallest absolute Gasteiger partial charge is 0.269 e. The van der Waals surface area contributed by atoms with Gasteiger partial charge in [-0.15, -0.1) is 0 Å². The zero-order chi connectivity index (χ0) is 22.9. The Balaban J connectivity index is 1.53. The van der Waals surface area contributed by atoms with Gasteiger partial charge in [0.15, 0.2) is 5.16 Å². The van der Waals surface area contributed by atoms with Gasteiger partial charge in [-0.3, -0.25) is 14.9 Å². The van der Waals surface area contributed by atoms with Crippen LogP contribution in [0, 0.1) is 24.0 Å². The number of benzene rings is 2. The van der Waals surface area contributed by atoms with Crippen molar-refractivity contribution in [3.8, 4) is 5.75 Å². The lowest BCUT2D eigenvalue weighted by atomic mass is 10.2. The second-order valence-electron chi connectivity index (χ2n) is 6.77. The van der Waals surface area contributed by atoms with Crippen LogP contribution in [0.5, 0.6) is 5.75 Å². The summed E-state index contributed by atoms with van der Waals surface area (Å²) in [6.07, 6.45) is 1.50. The van der Waals surface area contributed by atoms with E-state index in [4.69, 9.17) is 4.74 Å². The molecule has 0 aliphatic carbocycles. The molecule has 164 valence electrons. The molecule has 10 heteroatoms. The van der Waals surface area contributed by atoms with Crippen molar-refractivity contribution in [1.29, 1.82) is 0 Å². The average molecular weight is 452 g/mol. The van der Waals surface area contributed by atoms with E-state index in [0.29, 0.717) is 16.5 Å². The molecule has 0 saturated heterocycles. The number of non-ortho nitro benzene ring substituents is 1. The van der Waals surface area contributed by atoms with Crippen LogP contribution in [-0.4, -0.2) is 32.8 Å². The van der Waals surface area contributed by atoms with Crippen molar-refractivity contribution >= 4 is 29.6 Å². The molecule has 0 aliphatic heterocycles. The molecular weight excluding hydrogens is 430 g/mol. The predicted molar refractivity (Wildman–Crippen MR) is 122 cm³/mol. The van der Waals surface area contributed by atoms with Crippen LogP contribution in [0.1, 0.15) is 22.5 Å². The van der Waals surface area contributed by atoms with Gasteiger partial charge in [-0.25, -0.2) is 15.4 Å². The van der Waals surface area contributed by atoms with Crippen LogP contribution in [0.3, 0.4) is 0 Å². The molecule has 0 unspecified atom stereocenters. The van der Waals surface area contributed by atoms with Crippen molar-refractivity contribution in [3.63, 3.8) is 0 Å². The lowest BCUT2D eigenvalue weighted by molar-refractivity contribution is -0.384. The van der Waals surface area contributed by atoms with Gasteiger partial charge >= 0.3 is 0 Å². The first-order valence-electron chi connectivity index (χ1n) is 9.63. The summed E-state index contributed by atoms with van der Waals surface area (Å²) in [6, 6.07) is 15.3. The third-order valence-corrected chi connectivity index (χ3v) is 4.99. The van der Waals surface area contributed by atoms with E-state index in [1.54, 1.807) is 24.3 Å². The summed E-state index contributed by atoms with van der Waals surface area (Å²) in [6.45, 7) is 4.00. The molecule has 0 aliphatic rings. The Kier molecular flexibility index (Phi) is 7.87. The van der Waals surface area contributed by atoms with Gasteiger partial charge in [0.05, 0.1) is 16.9 Å². The minimum absolute atomic E-state index is 0.0271. The van der Waals surface area contributed by atoms with Gasteiger partial charge in [0.25, 0.3) is 11.6 Å². The SMILES string of the molecule is Cc1cc(C)nc(SCC(=O)N/N=C\c2ccccc2OCc2ccc([N+](=O)[O-])cc2)n1. The number of nitrogens with zero attached hydrogens (tertiary/aromatic N) is 4. The fraction of sp³-hybridized carbons (Fsp3) is 0.182. The Morgan fingerprint density at radius 2 is 1.84 bits per heavy atom. The molecule has 2 aromatic carbocycles. The minimum Gasteiger partial charge on any atom is -0.488 e. The molecule has 0 bridgehead atoms. The van der Waals surface area contributed by atoms with Crippen LogP contribution in [0.2, 0.25) is 0 Å². The fourth-order valence-electron chi connectivity index (χ4n) is 2.69. The van der Waals surface area contributed by atoms with Crippen molar-refractivity contribution < 1.29 is 14.5 Å². The first-order chi connectivity index (χ1) is 15.4. The van der Waals surface area contributed by atoms with Gasteiger partial charge in [-0.05, 0) is 49.7 Å². The standard InChI is InChI=1S/C22H21N5O4S/c1-15-11-16(2)25-22(24-15)32-14-21(28)26-23-12-18-5-3-4-6-20(18)31-13-17-7-9-19(10-8-17)27(29)30/h3-12H,13-14H2,1-2H3,(H,26,28)/b23-12-. The number of ether oxygens (including phenoxy) is 1. The first kappa shape index (κ1) is 22.9. The Bertz CT molecular complexity index is 1120. The monoisotopic (exact) mass is 451 g/mol. The first-order valence-corrected chi connectivity index (χ1v) is 10.6. The molecule has 0 saturated carbocycles. The fourth-order valence-corrected chi connectivity index (χ4v) is 3.43. The number of hydrazone groups is 1. The lowest BCUT2D eigenvalue weighted by Crippen LogP contribution is -2.20. The molecule has 0 radical (unpaired) electrons. The highest BCUT2D eigenvalue weighted by Crippen LogP contribution is 2.19. The Hall–Kier alpha value is -3.79. The molecule has 1 amide bonds. The van der Waals surface area contributed by atoms with E-state index in [1.165, 1.54) is 30.1 Å². The summed E-state index contributed by atoms with van der Waals surface area (Å²) in [5, 5.41) is 15.3. The van der Waals surface area contributed by atoms with Gasteiger partial charge in [0.1, 0.15) is 12.4 Å². The topological polar surface area (TPSA) is 120 Å². The normalized spacial score (nSPS) is 10.8. The number of nitro groups is 1. The van der Waals surface area contributed by atoms with Crippen LogP contribution >= 0.6 is 11.8 Å². The van der Waals surface area contributed by atoms with Gasteiger partial charge in [0.2, 0.25) is 0 Å². The molecule has 1 heterocycles. The Morgan fingerprint density at radius 3 is 2.53 bits per heavy atom. The molecule has 1 N–H and O–H groups in total. The van der Waals surface area contributed by atoms with E-state index in [2.05, 4.69) is 20.5 Å². The summed E-state index contributed by atoms with van der Waals surface area (Å²) < 4.78 is 5.81. The number of amides is 1. The highest BCUT2D eigenvalue weighted by molar-refractivity contribution is 7.99. The van der Waals surface area contributed by atoms with Crippen molar-refractivity contribution in [3.05, 3.63) is 87.2 Å². The summed E-state index contributed by atoms with van der Waals surface area (Å²) in [4.78, 5) is 30.9. The van der Waals surface area contributed by atoms with Gasteiger partial charge < -0.3 is 4.74 Å². The third-order valence-electron chi connectivity index (χ3n) is 4.15. The molecule has 3 aromatic rings. The van der Waals surface area contributed by atoms with E-state index < -0.39 is 4.92 Å². The minimum atomic E-state index is -0.446. The van der Waals surface area contributed by atoms with E-state index in [-0.39, 0.29) is 24.0 Å². The average Bonchev–Trinajstić information content (AvgIpc) is 2.76. The molecule has 1 aromatic heterocycles. The van der Waals surface area contributed by atoms with Crippen LogP contribution in [-0.2, 0) is 11.4 Å². The number of carbonyl (C=O) groups is 1. The summed E-state index contributed by atoms with van der Waals surface area (Å²) in [5.74, 6) is 0.429. The van der Waals surface area contributed by atoms with Crippen LogP contribution in [0.25, 0.3) is 0 Å². The van der Waals surface area contributed by atoms with Crippen LogP contribution in [0.4, 0.5) is 5.69 Å².